The Morgan fingerprint density at radius 1 is 1.00 bits per heavy atom. The van der Waals surface area contributed by atoms with Gasteiger partial charge in [0.25, 0.3) is 0 Å². The molecular weight excluding hydrogens is 468 g/mol. The fraction of sp³-hybridized carbons (Fsp3) is 0.316. The van der Waals surface area contributed by atoms with Crippen molar-refractivity contribution >= 4 is 17.6 Å². The number of halogens is 6. The molecule has 1 aliphatic rings. The molecule has 1 aliphatic carbocycles. The smallest absolute Gasteiger partial charge is 0.345 e. The summed E-state index contributed by atoms with van der Waals surface area (Å²) in [5.41, 5.74) is -1.59. The van der Waals surface area contributed by atoms with E-state index in [2.05, 4.69) is 41.3 Å². The molecule has 176 valence electrons. The van der Waals surface area contributed by atoms with Gasteiger partial charge < -0.3 is 10.6 Å². The van der Waals surface area contributed by atoms with Crippen LogP contribution in [0.2, 0.25) is 0 Å². The van der Waals surface area contributed by atoms with Gasteiger partial charge in [0.2, 0.25) is 11.9 Å². The standard InChI is InChI=1S/C19H13F6N9/c20-18(21,22)9-29-15-32-14(11-6-27-7-13(31-11)19(23,24)25)33-16(34-15)30-10-1-4-28-12(5-10)17(8-26)2-3-17/h1,4-7H,2-3,9H2,(H2,28,29,30,32,33,34). The van der Waals surface area contributed by atoms with Gasteiger partial charge in [0.05, 0.1) is 29.6 Å². The maximum absolute atomic E-state index is 13.0. The van der Waals surface area contributed by atoms with E-state index < -0.39 is 47.5 Å². The zero-order valence-corrected chi connectivity index (χ0v) is 16.9. The lowest BCUT2D eigenvalue weighted by Gasteiger charge is -2.13. The van der Waals surface area contributed by atoms with Crippen LogP contribution >= 0.6 is 0 Å². The SMILES string of the molecule is N#CC1(c2cc(Nc3nc(NCC(F)(F)F)nc(-c4cncc(C(F)(F)F)n4)n3)ccn2)CC1. The molecular formula is C19H13F6N9. The molecule has 2 N–H and O–H groups in total. The molecule has 3 heterocycles. The molecule has 0 unspecified atom stereocenters. The lowest BCUT2D eigenvalue weighted by Crippen LogP contribution is -2.23. The van der Waals surface area contributed by atoms with Crippen LogP contribution in [0.15, 0.2) is 30.7 Å². The highest BCUT2D eigenvalue weighted by atomic mass is 19.4. The Kier molecular flexibility index (Phi) is 5.67. The van der Waals surface area contributed by atoms with Gasteiger partial charge in [-0.1, -0.05) is 0 Å². The molecule has 34 heavy (non-hydrogen) atoms. The molecule has 0 spiro atoms. The van der Waals surface area contributed by atoms with E-state index in [1.165, 1.54) is 12.3 Å². The van der Waals surface area contributed by atoms with Crippen LogP contribution in [0.3, 0.4) is 0 Å². The minimum Gasteiger partial charge on any atom is -0.345 e. The third kappa shape index (κ3) is 5.27. The average molecular weight is 481 g/mol. The summed E-state index contributed by atoms with van der Waals surface area (Å²) >= 11 is 0. The Morgan fingerprint density at radius 3 is 2.38 bits per heavy atom. The highest BCUT2D eigenvalue weighted by molar-refractivity contribution is 5.59. The minimum absolute atomic E-state index is 0.271. The second-order valence-corrected chi connectivity index (χ2v) is 7.31. The summed E-state index contributed by atoms with van der Waals surface area (Å²) in [5, 5.41) is 14.1. The van der Waals surface area contributed by atoms with Crippen molar-refractivity contribution in [3.63, 3.8) is 0 Å². The summed E-state index contributed by atoms with van der Waals surface area (Å²) in [6.45, 7) is -1.49. The highest BCUT2D eigenvalue weighted by Crippen LogP contribution is 2.47. The summed E-state index contributed by atoms with van der Waals surface area (Å²) in [6.07, 6.45) is -5.28. The Hall–Kier alpha value is -4.09. The van der Waals surface area contributed by atoms with Crippen molar-refractivity contribution in [1.82, 2.24) is 29.9 Å². The summed E-state index contributed by atoms with van der Waals surface area (Å²) < 4.78 is 77.0. The Morgan fingerprint density at radius 2 is 1.74 bits per heavy atom. The van der Waals surface area contributed by atoms with Gasteiger partial charge >= 0.3 is 12.4 Å². The van der Waals surface area contributed by atoms with Crippen LogP contribution in [0.4, 0.5) is 43.9 Å². The fourth-order valence-electron chi connectivity index (χ4n) is 2.86. The van der Waals surface area contributed by atoms with Crippen molar-refractivity contribution in [2.45, 2.75) is 30.6 Å². The lowest BCUT2D eigenvalue weighted by molar-refractivity contribution is -0.141. The van der Waals surface area contributed by atoms with Gasteiger partial charge in [0, 0.05) is 11.9 Å². The van der Waals surface area contributed by atoms with Crippen molar-refractivity contribution in [2.75, 3.05) is 17.2 Å². The van der Waals surface area contributed by atoms with Gasteiger partial charge in [-0.05, 0) is 25.0 Å². The third-order valence-electron chi connectivity index (χ3n) is 4.71. The molecule has 4 rings (SSSR count). The van der Waals surface area contributed by atoms with Crippen molar-refractivity contribution in [2.24, 2.45) is 0 Å². The van der Waals surface area contributed by atoms with Crippen LogP contribution in [-0.4, -0.2) is 42.6 Å². The Balaban J connectivity index is 1.70. The third-order valence-corrected chi connectivity index (χ3v) is 4.71. The number of rotatable bonds is 6. The van der Waals surface area contributed by atoms with E-state index in [9.17, 15) is 31.6 Å². The number of nitriles is 1. The van der Waals surface area contributed by atoms with Crippen molar-refractivity contribution in [1.29, 1.82) is 5.26 Å². The van der Waals surface area contributed by atoms with E-state index in [1.807, 2.05) is 5.32 Å². The summed E-state index contributed by atoms with van der Waals surface area (Å²) in [5.74, 6) is -1.26. The number of hydrogen-bond donors (Lipinski definition) is 2. The van der Waals surface area contributed by atoms with Crippen LogP contribution in [0.5, 0.6) is 0 Å². The minimum atomic E-state index is -4.80. The first kappa shape index (κ1) is 23.1. The molecule has 3 aromatic heterocycles. The molecule has 0 atom stereocenters. The molecule has 0 radical (unpaired) electrons. The number of aromatic nitrogens is 6. The van der Waals surface area contributed by atoms with Gasteiger partial charge in [-0.25, -0.2) is 4.98 Å². The molecule has 3 aromatic rings. The average Bonchev–Trinajstić information content (AvgIpc) is 3.58. The molecule has 0 saturated heterocycles. The van der Waals surface area contributed by atoms with Crippen molar-refractivity contribution in [3.05, 3.63) is 42.1 Å². The predicted octanol–water partition coefficient (Wildman–Crippen LogP) is 4.02. The van der Waals surface area contributed by atoms with E-state index in [0.717, 1.165) is 6.20 Å². The van der Waals surface area contributed by atoms with E-state index in [4.69, 9.17) is 0 Å². The van der Waals surface area contributed by atoms with E-state index in [1.54, 1.807) is 6.07 Å². The van der Waals surface area contributed by atoms with Gasteiger partial charge in [-0.15, -0.1) is 0 Å². The number of anilines is 3. The largest absolute Gasteiger partial charge is 0.434 e. The summed E-state index contributed by atoms with van der Waals surface area (Å²) in [7, 11) is 0. The van der Waals surface area contributed by atoms with Gasteiger partial charge in [-0.2, -0.15) is 46.6 Å². The molecule has 1 fully saturated rings. The summed E-state index contributed by atoms with van der Waals surface area (Å²) in [4.78, 5) is 22.7. The number of nitrogens with one attached hydrogen (secondary N) is 2. The molecule has 9 nitrogen and oxygen atoms in total. The summed E-state index contributed by atoms with van der Waals surface area (Å²) in [6, 6.07) is 5.26. The van der Waals surface area contributed by atoms with Gasteiger partial charge in [0.15, 0.2) is 11.5 Å². The highest BCUT2D eigenvalue weighted by Gasteiger charge is 2.46. The van der Waals surface area contributed by atoms with Crippen LogP contribution in [0, 0.1) is 11.3 Å². The zero-order chi connectivity index (χ0) is 24.6. The first-order valence-electron chi connectivity index (χ1n) is 9.59. The molecule has 0 aliphatic heterocycles. The van der Waals surface area contributed by atoms with Gasteiger partial charge in [0.1, 0.15) is 12.2 Å². The van der Waals surface area contributed by atoms with E-state index in [-0.39, 0.29) is 5.95 Å². The molecule has 1 saturated carbocycles. The normalized spacial score (nSPS) is 14.9. The Bertz CT molecular complexity index is 1250. The number of alkyl halides is 6. The zero-order valence-electron chi connectivity index (χ0n) is 16.9. The van der Waals surface area contributed by atoms with Gasteiger partial charge in [-0.3, -0.25) is 9.97 Å². The quantitative estimate of drug-likeness (QED) is 0.502. The van der Waals surface area contributed by atoms with Crippen LogP contribution < -0.4 is 10.6 Å². The molecule has 0 bridgehead atoms. The second-order valence-electron chi connectivity index (χ2n) is 7.31. The van der Waals surface area contributed by atoms with Crippen molar-refractivity contribution in [3.8, 4) is 17.6 Å². The molecule has 0 amide bonds. The predicted molar refractivity (Wildman–Crippen MR) is 104 cm³/mol. The number of hydrogen-bond acceptors (Lipinski definition) is 9. The van der Waals surface area contributed by atoms with Crippen LogP contribution in [0.25, 0.3) is 11.5 Å². The topological polar surface area (TPSA) is 125 Å². The molecule has 15 heteroatoms. The maximum Gasteiger partial charge on any atom is 0.434 e. The maximum atomic E-state index is 13.0. The first-order valence-corrected chi connectivity index (χ1v) is 9.59. The van der Waals surface area contributed by atoms with E-state index >= 15 is 0 Å². The van der Waals surface area contributed by atoms with Crippen LogP contribution in [0.1, 0.15) is 24.2 Å². The number of pyridine rings is 1. The Labute approximate surface area is 187 Å². The lowest BCUT2D eigenvalue weighted by atomic mass is 10.0. The fourth-order valence-corrected chi connectivity index (χ4v) is 2.86. The first-order chi connectivity index (χ1) is 16.0. The second kappa shape index (κ2) is 8.36. The molecule has 0 aromatic carbocycles. The number of nitrogens with zero attached hydrogens (tertiary/aromatic N) is 7. The van der Waals surface area contributed by atoms with E-state index in [0.29, 0.717) is 30.4 Å². The monoisotopic (exact) mass is 481 g/mol. The van der Waals surface area contributed by atoms with Crippen LogP contribution in [-0.2, 0) is 11.6 Å². The van der Waals surface area contributed by atoms with Crippen molar-refractivity contribution < 1.29 is 26.3 Å².